The van der Waals surface area contributed by atoms with Crippen LogP contribution in [-0.2, 0) is 32.7 Å². The summed E-state index contributed by atoms with van der Waals surface area (Å²) < 4.78 is 34.3. The Kier molecular flexibility index (Phi) is 56.5. The van der Waals surface area contributed by atoms with Gasteiger partial charge >= 0.3 is 11.9 Å². The first kappa shape index (κ1) is 73.8. The number of hydrogen-bond acceptors (Lipinski definition) is 8. The van der Waals surface area contributed by atoms with Crippen LogP contribution in [0.25, 0.3) is 0 Å². The first-order valence-electron chi connectivity index (χ1n) is 32.9. The van der Waals surface area contributed by atoms with Gasteiger partial charge in [0.2, 0.25) is 0 Å². The van der Waals surface area contributed by atoms with Crippen LogP contribution in [0.15, 0.2) is 12.2 Å². The van der Waals surface area contributed by atoms with Crippen molar-refractivity contribution >= 4 is 19.8 Å². The van der Waals surface area contributed by atoms with Crippen molar-refractivity contribution in [1.82, 2.24) is 0 Å². The molecule has 0 saturated carbocycles. The summed E-state index contributed by atoms with van der Waals surface area (Å²) in [6, 6.07) is 0. The van der Waals surface area contributed by atoms with Crippen LogP contribution in [0.2, 0.25) is 0 Å². The molecule has 0 aliphatic carbocycles. The molecule has 0 rings (SSSR count). The molecule has 0 spiro atoms. The molecule has 10 heteroatoms. The van der Waals surface area contributed by atoms with E-state index in [1.807, 2.05) is 21.1 Å². The minimum atomic E-state index is -4.63. The Morgan fingerprint density at radius 1 is 0.400 bits per heavy atom. The van der Waals surface area contributed by atoms with Gasteiger partial charge in [-0.05, 0) is 38.5 Å². The van der Waals surface area contributed by atoms with Gasteiger partial charge in [-0.15, -0.1) is 0 Å². The second-order valence-electron chi connectivity index (χ2n) is 23.8. The van der Waals surface area contributed by atoms with Gasteiger partial charge in [-0.3, -0.25) is 14.2 Å². The highest BCUT2D eigenvalue weighted by Gasteiger charge is 2.22. The fourth-order valence-corrected chi connectivity index (χ4v) is 10.7. The topological polar surface area (TPSA) is 111 Å². The van der Waals surface area contributed by atoms with Crippen molar-refractivity contribution in [3.63, 3.8) is 0 Å². The lowest BCUT2D eigenvalue weighted by Crippen LogP contribution is -2.37. The molecule has 0 aliphatic rings. The van der Waals surface area contributed by atoms with Crippen molar-refractivity contribution in [1.29, 1.82) is 0 Å². The number of phosphoric ester groups is 1. The van der Waals surface area contributed by atoms with Crippen LogP contribution in [-0.4, -0.2) is 70.0 Å². The highest BCUT2D eigenvalue weighted by atomic mass is 31.2. The van der Waals surface area contributed by atoms with Crippen molar-refractivity contribution in [2.75, 3.05) is 47.5 Å². The van der Waals surface area contributed by atoms with E-state index in [9.17, 15) is 19.0 Å². The fourth-order valence-electron chi connectivity index (χ4n) is 9.95. The minimum absolute atomic E-state index is 0.0263. The number of rotatable bonds is 62. The van der Waals surface area contributed by atoms with E-state index in [4.69, 9.17) is 18.5 Å². The quantitative estimate of drug-likeness (QED) is 0.0195. The molecule has 0 amide bonds. The summed E-state index contributed by atoms with van der Waals surface area (Å²) in [6.45, 7) is 4.32. The minimum Gasteiger partial charge on any atom is -0.756 e. The molecule has 9 nitrogen and oxygen atoms in total. The summed E-state index contributed by atoms with van der Waals surface area (Å²) in [7, 11) is 1.19. The van der Waals surface area contributed by atoms with E-state index in [0.717, 1.165) is 32.1 Å². The number of esters is 2. The molecule has 75 heavy (non-hydrogen) atoms. The van der Waals surface area contributed by atoms with E-state index in [2.05, 4.69) is 26.0 Å². The average Bonchev–Trinajstić information content (AvgIpc) is 3.37. The normalized spacial score (nSPS) is 13.2. The van der Waals surface area contributed by atoms with Crippen molar-refractivity contribution in [3.05, 3.63) is 12.2 Å². The van der Waals surface area contributed by atoms with E-state index in [1.54, 1.807) is 0 Å². The van der Waals surface area contributed by atoms with Crippen LogP contribution in [0, 0.1) is 0 Å². The third-order valence-corrected chi connectivity index (χ3v) is 16.0. The number of carbonyl (C=O) groups excluding carboxylic acids is 2. The molecule has 0 radical (unpaired) electrons. The number of nitrogens with zero attached hydrogens (tertiary/aromatic N) is 1. The van der Waals surface area contributed by atoms with Crippen LogP contribution in [0.5, 0.6) is 0 Å². The highest BCUT2D eigenvalue weighted by Crippen LogP contribution is 2.38. The van der Waals surface area contributed by atoms with E-state index in [-0.39, 0.29) is 32.0 Å². The molecule has 0 bridgehead atoms. The molecule has 2 atom stereocenters. The maximum absolute atomic E-state index is 12.8. The lowest BCUT2D eigenvalue weighted by Gasteiger charge is -2.28. The second-order valence-corrected chi connectivity index (χ2v) is 25.3. The van der Waals surface area contributed by atoms with Gasteiger partial charge in [-0.25, -0.2) is 0 Å². The van der Waals surface area contributed by atoms with Crippen molar-refractivity contribution < 1.29 is 42.1 Å². The largest absolute Gasteiger partial charge is 0.756 e. The van der Waals surface area contributed by atoms with E-state index in [0.29, 0.717) is 17.4 Å². The molecule has 0 heterocycles. The van der Waals surface area contributed by atoms with Crippen molar-refractivity contribution in [2.45, 2.75) is 347 Å². The van der Waals surface area contributed by atoms with Gasteiger partial charge in [0.15, 0.2) is 6.10 Å². The average molecular weight is 1080 g/mol. The molecule has 0 N–H and O–H groups in total. The first-order valence-corrected chi connectivity index (χ1v) is 34.4. The van der Waals surface area contributed by atoms with Gasteiger partial charge in [0.1, 0.15) is 19.8 Å². The zero-order chi connectivity index (χ0) is 54.9. The summed E-state index contributed by atoms with van der Waals surface area (Å²) in [6.07, 6.45) is 68.5. The maximum atomic E-state index is 12.8. The second kappa shape index (κ2) is 57.4. The van der Waals surface area contributed by atoms with Crippen LogP contribution in [0.3, 0.4) is 0 Å². The molecule has 0 saturated heterocycles. The van der Waals surface area contributed by atoms with E-state index in [1.165, 1.54) is 276 Å². The predicted octanol–water partition coefficient (Wildman–Crippen LogP) is 20.1. The van der Waals surface area contributed by atoms with Crippen LogP contribution < -0.4 is 4.89 Å². The number of unbranched alkanes of at least 4 members (excludes halogenated alkanes) is 46. The molecule has 0 aromatic heterocycles. The summed E-state index contributed by atoms with van der Waals surface area (Å²) in [4.78, 5) is 38.0. The number of likely N-dealkylation sites (N-methyl/N-ethyl adjacent to an activating group) is 1. The van der Waals surface area contributed by atoms with Crippen molar-refractivity contribution in [3.8, 4) is 0 Å². The Morgan fingerprint density at radius 2 is 0.680 bits per heavy atom. The van der Waals surface area contributed by atoms with E-state index >= 15 is 0 Å². The summed E-state index contributed by atoms with van der Waals surface area (Å²) in [5.74, 6) is -0.809. The summed E-state index contributed by atoms with van der Waals surface area (Å²) in [5.41, 5.74) is 0. The van der Waals surface area contributed by atoms with Gasteiger partial charge in [0.05, 0.1) is 27.7 Å². The van der Waals surface area contributed by atoms with Gasteiger partial charge in [0, 0.05) is 12.8 Å². The molecule has 0 aromatic rings. The zero-order valence-electron chi connectivity index (χ0n) is 50.8. The molecule has 446 valence electrons. The summed E-state index contributed by atoms with van der Waals surface area (Å²) in [5, 5.41) is 0. The number of allylic oxidation sites excluding steroid dienone is 2. The lowest BCUT2D eigenvalue weighted by molar-refractivity contribution is -0.870. The lowest BCUT2D eigenvalue weighted by atomic mass is 10.0. The molecule has 0 aromatic carbocycles. The third kappa shape index (κ3) is 61.8. The smallest absolute Gasteiger partial charge is 0.306 e. The molecule has 0 aliphatic heterocycles. The number of carbonyl (C=O) groups is 2. The van der Waals surface area contributed by atoms with Crippen LogP contribution in [0.4, 0.5) is 0 Å². The van der Waals surface area contributed by atoms with Crippen LogP contribution >= 0.6 is 7.82 Å². The molecular weight excluding hydrogens is 954 g/mol. The number of hydrogen-bond donors (Lipinski definition) is 0. The van der Waals surface area contributed by atoms with Gasteiger partial charge < -0.3 is 27.9 Å². The maximum Gasteiger partial charge on any atom is 0.306 e. The zero-order valence-corrected chi connectivity index (χ0v) is 51.7. The van der Waals surface area contributed by atoms with Gasteiger partial charge in [-0.1, -0.05) is 302 Å². The van der Waals surface area contributed by atoms with Gasteiger partial charge in [0.25, 0.3) is 7.82 Å². The highest BCUT2D eigenvalue weighted by molar-refractivity contribution is 7.45. The number of quaternary nitrogens is 1. The summed E-state index contributed by atoms with van der Waals surface area (Å²) >= 11 is 0. The Balaban J connectivity index is 4.03. The van der Waals surface area contributed by atoms with Gasteiger partial charge in [-0.2, -0.15) is 0 Å². The Morgan fingerprint density at radius 3 is 0.987 bits per heavy atom. The predicted molar refractivity (Wildman–Crippen MR) is 319 cm³/mol. The Bertz CT molecular complexity index is 1270. The number of phosphoric acid groups is 1. The Hall–Kier alpha value is -1.25. The Labute approximate surface area is 466 Å². The SMILES string of the molecule is CCCCCCCCCC/C=C\CCCCCCCCCCCCCCCCCC(=O)OC(COC(=O)CCCCCCCCCCCCCCCCCCCCCCCCCC)COP(=O)([O-])OCC[N+](C)(C)C. The first-order chi connectivity index (χ1) is 36.5. The molecular formula is C65H128NO8P. The molecule has 2 unspecified atom stereocenters. The van der Waals surface area contributed by atoms with Crippen LogP contribution in [0.1, 0.15) is 341 Å². The number of ether oxygens (including phenoxy) is 2. The molecule has 0 fully saturated rings. The standard InChI is InChI=1S/C65H128NO8P/c1-6-8-10-12-14-16-18-20-22-24-26-28-30-32-33-34-36-38-40-42-44-46-48-50-52-54-56-58-65(68)74-63(62-73-75(69,70)72-60-59-66(3,4)5)61-71-64(67)57-55-53-51-49-47-45-43-41-39-37-35-31-29-27-25-23-21-19-17-15-13-11-9-7-2/h24,26,63H,6-23,25,27-62H2,1-5H3/b26-24-. The monoisotopic (exact) mass is 1080 g/mol. The third-order valence-electron chi connectivity index (χ3n) is 15.0. The fraction of sp³-hybridized carbons (Fsp3) is 0.938. The van der Waals surface area contributed by atoms with Crippen molar-refractivity contribution in [2.24, 2.45) is 0 Å². The van der Waals surface area contributed by atoms with E-state index < -0.39 is 26.5 Å².